The number of hydrazone groups is 1. The summed E-state index contributed by atoms with van der Waals surface area (Å²) in [6.07, 6.45) is 2.30. The van der Waals surface area contributed by atoms with E-state index in [2.05, 4.69) is 15.5 Å². The Morgan fingerprint density at radius 3 is 2.54 bits per heavy atom. The molecule has 0 aliphatic carbocycles. The van der Waals surface area contributed by atoms with Crippen LogP contribution in [0.1, 0.15) is 5.56 Å². The van der Waals surface area contributed by atoms with E-state index < -0.39 is 9.85 Å². The third-order valence-corrected chi connectivity index (χ3v) is 3.06. The molecule has 2 heterocycles. The normalized spacial score (nSPS) is 12.3. The molecule has 11 nitrogen and oxygen atoms in total. The number of ether oxygens (including phenoxy) is 2. The summed E-state index contributed by atoms with van der Waals surface area (Å²) in [5, 5.41) is 25.5. The van der Waals surface area contributed by atoms with Crippen LogP contribution in [0.2, 0.25) is 0 Å². The van der Waals surface area contributed by atoms with Crippen molar-refractivity contribution in [2.45, 2.75) is 0 Å². The smallest absolute Gasteiger partial charge is 0.287 e. The highest BCUT2D eigenvalue weighted by Crippen LogP contribution is 2.37. The first kappa shape index (κ1) is 15.1. The number of anilines is 1. The zero-order chi connectivity index (χ0) is 17.1. The molecule has 0 saturated heterocycles. The minimum Gasteiger partial charge on any atom is -0.454 e. The zero-order valence-corrected chi connectivity index (χ0v) is 11.9. The minimum atomic E-state index is -0.573. The molecule has 1 aromatic heterocycles. The second-order valence-electron chi connectivity index (χ2n) is 4.55. The largest absolute Gasteiger partial charge is 0.454 e. The summed E-state index contributed by atoms with van der Waals surface area (Å²) in [5.41, 5.74) is 2.39. The van der Waals surface area contributed by atoms with Gasteiger partial charge in [-0.1, -0.05) is 0 Å². The van der Waals surface area contributed by atoms with E-state index >= 15 is 0 Å². The van der Waals surface area contributed by atoms with Crippen molar-refractivity contribution in [2.75, 3.05) is 12.2 Å². The first-order valence-electron chi connectivity index (χ1n) is 6.52. The lowest BCUT2D eigenvalue weighted by Crippen LogP contribution is -1.98. The number of nitrogens with zero attached hydrogens (tertiary/aromatic N) is 4. The molecule has 11 heteroatoms. The molecule has 1 aromatic carbocycles. The average molecular weight is 331 g/mol. The Bertz CT molecular complexity index is 835. The molecule has 3 rings (SSSR count). The Labute approximate surface area is 133 Å². The van der Waals surface area contributed by atoms with Crippen molar-refractivity contribution >= 4 is 23.4 Å². The summed E-state index contributed by atoms with van der Waals surface area (Å²) >= 11 is 0. The predicted octanol–water partition coefficient (Wildman–Crippen LogP) is 2.07. The number of nitro groups is 2. The molecule has 1 aliphatic rings. The van der Waals surface area contributed by atoms with E-state index in [1.165, 1.54) is 30.5 Å². The Balaban J connectivity index is 1.79. The molecule has 1 N–H and O–H groups in total. The summed E-state index contributed by atoms with van der Waals surface area (Å²) in [6.45, 7) is -0.00194. The van der Waals surface area contributed by atoms with Gasteiger partial charge in [0.1, 0.15) is 12.0 Å². The third kappa shape index (κ3) is 3.04. The van der Waals surface area contributed by atoms with Gasteiger partial charge in [0, 0.05) is 6.07 Å². The lowest BCUT2D eigenvalue weighted by molar-refractivity contribution is -0.385. The maximum absolute atomic E-state index is 11.1. The number of hydrogen-bond donors (Lipinski definition) is 1. The van der Waals surface area contributed by atoms with Crippen LogP contribution in [0, 0.1) is 20.2 Å². The monoisotopic (exact) mass is 331 g/mol. The van der Waals surface area contributed by atoms with Crippen molar-refractivity contribution in [2.24, 2.45) is 5.10 Å². The van der Waals surface area contributed by atoms with Crippen LogP contribution in [-0.2, 0) is 0 Å². The number of aromatic nitrogens is 1. The van der Waals surface area contributed by atoms with Crippen molar-refractivity contribution in [1.29, 1.82) is 0 Å². The quantitative estimate of drug-likeness (QED) is 0.498. The molecule has 0 bridgehead atoms. The standard InChI is InChI=1S/C13H9N5O6/c19-17(20)9-1-2-13(14-6-9)16-15-5-8-3-11-12(24-7-23-11)4-10(8)18(21)22/h1-6H,7H2,(H,14,16)/b15-5-. The van der Waals surface area contributed by atoms with Gasteiger partial charge in [0.05, 0.1) is 27.7 Å². The van der Waals surface area contributed by atoms with Crippen molar-refractivity contribution in [3.63, 3.8) is 0 Å². The van der Waals surface area contributed by atoms with Crippen LogP contribution in [0.3, 0.4) is 0 Å². The maximum atomic E-state index is 11.1. The van der Waals surface area contributed by atoms with Gasteiger partial charge in [0.25, 0.3) is 11.4 Å². The van der Waals surface area contributed by atoms with Gasteiger partial charge >= 0.3 is 0 Å². The summed E-state index contributed by atoms with van der Waals surface area (Å²) in [7, 11) is 0. The van der Waals surface area contributed by atoms with E-state index in [9.17, 15) is 20.2 Å². The van der Waals surface area contributed by atoms with Gasteiger partial charge in [0.15, 0.2) is 11.5 Å². The summed E-state index contributed by atoms with van der Waals surface area (Å²) in [6, 6.07) is 5.32. The lowest BCUT2D eigenvalue weighted by atomic mass is 10.1. The van der Waals surface area contributed by atoms with Crippen LogP contribution in [0.4, 0.5) is 17.2 Å². The van der Waals surface area contributed by atoms with Crippen LogP contribution in [0.5, 0.6) is 11.5 Å². The summed E-state index contributed by atoms with van der Waals surface area (Å²) in [5.74, 6) is 0.930. The number of hydrogen-bond acceptors (Lipinski definition) is 9. The molecule has 0 amide bonds. The highest BCUT2D eigenvalue weighted by atomic mass is 16.7. The molecule has 0 radical (unpaired) electrons. The first-order valence-corrected chi connectivity index (χ1v) is 6.52. The van der Waals surface area contributed by atoms with Crippen LogP contribution in [0.25, 0.3) is 0 Å². The SMILES string of the molecule is O=[N+]([O-])c1ccc(N/N=C\c2cc3c(cc2[N+](=O)[O-])OCO3)nc1. The van der Waals surface area contributed by atoms with E-state index in [1.807, 2.05) is 0 Å². The molecular weight excluding hydrogens is 322 g/mol. The Hall–Kier alpha value is -3.76. The molecule has 0 saturated carbocycles. The van der Waals surface area contributed by atoms with Crippen molar-refractivity contribution < 1.29 is 19.3 Å². The van der Waals surface area contributed by atoms with Crippen molar-refractivity contribution in [3.8, 4) is 11.5 Å². The van der Waals surface area contributed by atoms with Gasteiger partial charge in [-0.3, -0.25) is 25.7 Å². The van der Waals surface area contributed by atoms with Gasteiger partial charge in [-0.2, -0.15) is 5.10 Å². The molecule has 24 heavy (non-hydrogen) atoms. The number of nitro benzene ring substituents is 1. The fraction of sp³-hybridized carbons (Fsp3) is 0.0769. The topological polar surface area (TPSA) is 142 Å². The second-order valence-corrected chi connectivity index (χ2v) is 4.55. The summed E-state index contributed by atoms with van der Waals surface area (Å²) < 4.78 is 10.3. The molecular formula is C13H9N5O6. The van der Waals surface area contributed by atoms with Gasteiger partial charge in [-0.25, -0.2) is 4.98 Å². The van der Waals surface area contributed by atoms with Gasteiger partial charge in [-0.15, -0.1) is 0 Å². The Morgan fingerprint density at radius 2 is 1.92 bits per heavy atom. The molecule has 0 spiro atoms. The highest BCUT2D eigenvalue weighted by Gasteiger charge is 2.22. The molecule has 0 fully saturated rings. The molecule has 1 aliphatic heterocycles. The van der Waals surface area contributed by atoms with Gasteiger partial charge in [-0.05, 0) is 12.1 Å². The van der Waals surface area contributed by atoms with Crippen molar-refractivity contribution in [1.82, 2.24) is 4.98 Å². The van der Waals surface area contributed by atoms with Crippen LogP contribution in [-0.4, -0.2) is 27.8 Å². The average Bonchev–Trinajstić information content (AvgIpc) is 3.01. The van der Waals surface area contributed by atoms with Crippen molar-refractivity contribution in [3.05, 3.63) is 56.3 Å². The summed E-state index contributed by atoms with van der Waals surface area (Å²) in [4.78, 5) is 24.3. The highest BCUT2D eigenvalue weighted by molar-refractivity contribution is 5.87. The first-order chi connectivity index (χ1) is 11.5. The number of nitrogens with one attached hydrogen (secondary N) is 1. The number of rotatable bonds is 5. The van der Waals surface area contributed by atoms with E-state index in [1.54, 1.807) is 0 Å². The van der Waals surface area contributed by atoms with Crippen LogP contribution < -0.4 is 14.9 Å². The molecule has 122 valence electrons. The van der Waals surface area contributed by atoms with E-state index in [-0.39, 0.29) is 29.5 Å². The number of pyridine rings is 1. The minimum absolute atomic E-state index is 0.00194. The van der Waals surface area contributed by atoms with Gasteiger partial charge < -0.3 is 9.47 Å². The fourth-order valence-electron chi connectivity index (χ4n) is 1.94. The number of benzene rings is 1. The third-order valence-electron chi connectivity index (χ3n) is 3.06. The molecule has 2 aromatic rings. The lowest BCUT2D eigenvalue weighted by Gasteiger charge is -2.01. The van der Waals surface area contributed by atoms with E-state index in [0.29, 0.717) is 11.5 Å². The second kappa shape index (κ2) is 6.16. The maximum Gasteiger partial charge on any atom is 0.287 e. The Kier molecular flexibility index (Phi) is 3.89. The Morgan fingerprint density at radius 1 is 1.17 bits per heavy atom. The number of fused-ring (bicyclic) bond motifs is 1. The van der Waals surface area contributed by atoms with Crippen LogP contribution >= 0.6 is 0 Å². The zero-order valence-electron chi connectivity index (χ0n) is 11.9. The fourth-order valence-corrected chi connectivity index (χ4v) is 1.94. The van der Waals surface area contributed by atoms with E-state index in [4.69, 9.17) is 9.47 Å². The van der Waals surface area contributed by atoms with Gasteiger partial charge in [0.2, 0.25) is 6.79 Å². The van der Waals surface area contributed by atoms with Crippen LogP contribution in [0.15, 0.2) is 35.6 Å². The molecule has 0 unspecified atom stereocenters. The predicted molar refractivity (Wildman–Crippen MR) is 81.3 cm³/mol. The molecule has 0 atom stereocenters. The van der Waals surface area contributed by atoms with E-state index in [0.717, 1.165) is 6.20 Å².